The Morgan fingerprint density at radius 1 is 1.25 bits per heavy atom. The third-order valence-corrected chi connectivity index (χ3v) is 3.39. The van der Waals surface area contributed by atoms with E-state index in [0.717, 1.165) is 4.47 Å². The third-order valence-electron chi connectivity index (χ3n) is 2.49. The van der Waals surface area contributed by atoms with E-state index in [4.69, 9.17) is 10.5 Å². The molecule has 104 valence electrons. The molecule has 0 spiro atoms. The topological polar surface area (TPSA) is 77.2 Å². The maximum atomic E-state index is 12.2. The second-order valence-electron chi connectivity index (χ2n) is 3.92. The maximum Gasteiger partial charge on any atom is 0.259 e. The molecular formula is C13H11Br2N3O2. The van der Waals surface area contributed by atoms with Crippen LogP contribution in [0.15, 0.2) is 39.4 Å². The second-order valence-corrected chi connectivity index (χ2v) is 5.75. The molecule has 7 heteroatoms. The van der Waals surface area contributed by atoms with Gasteiger partial charge in [-0.3, -0.25) is 4.79 Å². The number of ether oxygens (including phenoxy) is 1. The number of hydrogen-bond donors (Lipinski definition) is 2. The average molecular weight is 401 g/mol. The molecule has 0 saturated heterocycles. The molecule has 1 aromatic carbocycles. The average Bonchev–Trinajstić information content (AvgIpc) is 2.40. The molecule has 1 heterocycles. The van der Waals surface area contributed by atoms with Crippen molar-refractivity contribution in [3.63, 3.8) is 0 Å². The van der Waals surface area contributed by atoms with E-state index in [1.165, 1.54) is 6.20 Å². The zero-order valence-electron chi connectivity index (χ0n) is 10.5. The Bertz CT molecular complexity index is 662. The number of nitrogens with two attached hydrogens (primary N) is 1. The van der Waals surface area contributed by atoms with E-state index in [1.54, 1.807) is 31.4 Å². The van der Waals surface area contributed by atoms with E-state index in [1.807, 2.05) is 0 Å². The summed E-state index contributed by atoms with van der Waals surface area (Å²) >= 11 is 6.61. The van der Waals surface area contributed by atoms with Crippen molar-refractivity contribution in [2.45, 2.75) is 0 Å². The third kappa shape index (κ3) is 3.49. The maximum absolute atomic E-state index is 12.2. The van der Waals surface area contributed by atoms with Gasteiger partial charge in [0.2, 0.25) is 0 Å². The van der Waals surface area contributed by atoms with E-state index in [0.29, 0.717) is 21.5 Å². The van der Waals surface area contributed by atoms with Crippen molar-refractivity contribution in [2.75, 3.05) is 18.2 Å². The van der Waals surface area contributed by atoms with Gasteiger partial charge in [-0.25, -0.2) is 4.98 Å². The van der Waals surface area contributed by atoms with Gasteiger partial charge in [-0.15, -0.1) is 0 Å². The van der Waals surface area contributed by atoms with Gasteiger partial charge in [0.25, 0.3) is 5.91 Å². The molecule has 1 aromatic heterocycles. The molecule has 0 fully saturated rings. The SMILES string of the molecule is COc1cc(Br)cc(NC(=O)c2cc(Br)cnc2N)c1. The van der Waals surface area contributed by atoms with Crippen LogP contribution < -0.4 is 15.8 Å². The number of nitrogen functional groups attached to an aromatic ring is 1. The summed E-state index contributed by atoms with van der Waals surface area (Å²) in [6, 6.07) is 6.89. The largest absolute Gasteiger partial charge is 0.497 e. The van der Waals surface area contributed by atoms with E-state index in [9.17, 15) is 4.79 Å². The highest BCUT2D eigenvalue weighted by Crippen LogP contribution is 2.25. The number of amides is 1. The van der Waals surface area contributed by atoms with Gasteiger partial charge in [-0.2, -0.15) is 0 Å². The predicted octanol–water partition coefficient (Wildman–Crippen LogP) is 3.45. The first kappa shape index (κ1) is 14.8. The van der Waals surface area contributed by atoms with Gasteiger partial charge in [0, 0.05) is 26.9 Å². The minimum atomic E-state index is -0.337. The molecule has 2 rings (SSSR count). The highest BCUT2D eigenvalue weighted by molar-refractivity contribution is 9.10. The number of carbonyl (C=O) groups excluding carboxylic acids is 1. The summed E-state index contributed by atoms with van der Waals surface area (Å²) in [4.78, 5) is 16.1. The molecule has 0 aliphatic carbocycles. The number of nitrogens with one attached hydrogen (secondary N) is 1. The molecule has 0 unspecified atom stereocenters. The van der Waals surface area contributed by atoms with Crippen LogP contribution in [0.1, 0.15) is 10.4 Å². The molecule has 3 N–H and O–H groups in total. The normalized spacial score (nSPS) is 10.2. The van der Waals surface area contributed by atoms with Crippen LogP contribution in [-0.4, -0.2) is 18.0 Å². The number of aromatic nitrogens is 1. The van der Waals surface area contributed by atoms with Crippen LogP contribution in [0.5, 0.6) is 5.75 Å². The predicted molar refractivity (Wildman–Crippen MR) is 85.0 cm³/mol. The van der Waals surface area contributed by atoms with Gasteiger partial charge >= 0.3 is 0 Å². The van der Waals surface area contributed by atoms with E-state index < -0.39 is 0 Å². The molecule has 0 aliphatic heterocycles. The fourth-order valence-corrected chi connectivity index (χ4v) is 2.39. The van der Waals surface area contributed by atoms with Gasteiger partial charge in [0.15, 0.2) is 0 Å². The monoisotopic (exact) mass is 399 g/mol. The van der Waals surface area contributed by atoms with Gasteiger partial charge in [-0.1, -0.05) is 15.9 Å². The number of halogens is 2. The molecule has 0 aliphatic rings. The summed E-state index contributed by atoms with van der Waals surface area (Å²) in [5, 5.41) is 2.75. The fourth-order valence-electron chi connectivity index (χ4n) is 1.58. The number of benzene rings is 1. The minimum Gasteiger partial charge on any atom is -0.497 e. The zero-order chi connectivity index (χ0) is 14.7. The highest BCUT2D eigenvalue weighted by Gasteiger charge is 2.12. The van der Waals surface area contributed by atoms with Crippen molar-refractivity contribution < 1.29 is 9.53 Å². The second kappa shape index (κ2) is 6.23. The Labute approximate surface area is 132 Å². The Hall–Kier alpha value is -1.60. The van der Waals surface area contributed by atoms with Crippen LogP contribution in [0.4, 0.5) is 11.5 Å². The van der Waals surface area contributed by atoms with E-state index >= 15 is 0 Å². The van der Waals surface area contributed by atoms with Crippen LogP contribution in [0.25, 0.3) is 0 Å². The van der Waals surface area contributed by atoms with E-state index in [2.05, 4.69) is 42.2 Å². The molecule has 5 nitrogen and oxygen atoms in total. The lowest BCUT2D eigenvalue weighted by Gasteiger charge is -2.09. The Morgan fingerprint density at radius 2 is 2.00 bits per heavy atom. The summed E-state index contributed by atoms with van der Waals surface area (Å²) < 4.78 is 6.62. The minimum absolute atomic E-state index is 0.174. The van der Waals surface area contributed by atoms with Crippen molar-refractivity contribution in [1.82, 2.24) is 4.98 Å². The molecule has 0 saturated carbocycles. The first-order chi connectivity index (χ1) is 9.49. The Kier molecular flexibility index (Phi) is 4.61. The van der Waals surface area contributed by atoms with Gasteiger partial charge in [0.05, 0.1) is 12.7 Å². The first-order valence-corrected chi connectivity index (χ1v) is 7.15. The Morgan fingerprint density at radius 3 is 2.70 bits per heavy atom. The van der Waals surface area contributed by atoms with Gasteiger partial charge < -0.3 is 15.8 Å². The smallest absolute Gasteiger partial charge is 0.259 e. The van der Waals surface area contributed by atoms with Crippen LogP contribution in [0.3, 0.4) is 0 Å². The van der Waals surface area contributed by atoms with Crippen molar-refractivity contribution in [1.29, 1.82) is 0 Å². The number of carbonyl (C=O) groups is 1. The number of hydrogen-bond acceptors (Lipinski definition) is 4. The molecule has 0 bridgehead atoms. The molecule has 0 atom stereocenters. The summed E-state index contributed by atoms with van der Waals surface area (Å²) in [6.45, 7) is 0. The number of nitrogens with zero attached hydrogens (tertiary/aromatic N) is 1. The fraction of sp³-hybridized carbons (Fsp3) is 0.0769. The van der Waals surface area contributed by atoms with Crippen LogP contribution in [0, 0.1) is 0 Å². The standard InChI is InChI=1S/C13H11Br2N3O2/c1-20-10-3-7(14)2-9(5-10)18-13(19)11-4-8(15)6-17-12(11)16/h2-6H,1H3,(H2,16,17)(H,18,19). The Balaban J connectivity index is 2.27. The summed E-state index contributed by atoms with van der Waals surface area (Å²) in [7, 11) is 1.56. The molecule has 2 aromatic rings. The number of rotatable bonds is 3. The van der Waals surface area contributed by atoms with Crippen molar-refractivity contribution >= 4 is 49.3 Å². The number of pyridine rings is 1. The number of methoxy groups -OCH3 is 1. The van der Waals surface area contributed by atoms with Crippen LogP contribution in [-0.2, 0) is 0 Å². The molecule has 1 amide bonds. The first-order valence-electron chi connectivity index (χ1n) is 5.56. The van der Waals surface area contributed by atoms with E-state index in [-0.39, 0.29) is 11.7 Å². The zero-order valence-corrected chi connectivity index (χ0v) is 13.7. The summed E-state index contributed by atoms with van der Waals surface area (Å²) in [5.41, 5.74) is 6.61. The molecular weight excluding hydrogens is 390 g/mol. The molecule has 20 heavy (non-hydrogen) atoms. The van der Waals surface area contributed by atoms with Crippen LogP contribution >= 0.6 is 31.9 Å². The quantitative estimate of drug-likeness (QED) is 0.827. The van der Waals surface area contributed by atoms with Gasteiger partial charge in [-0.05, 0) is 34.1 Å². The molecule has 0 radical (unpaired) electrons. The van der Waals surface area contributed by atoms with Crippen molar-refractivity contribution in [2.24, 2.45) is 0 Å². The lowest BCUT2D eigenvalue weighted by molar-refractivity contribution is 0.102. The van der Waals surface area contributed by atoms with Crippen LogP contribution in [0.2, 0.25) is 0 Å². The highest BCUT2D eigenvalue weighted by atomic mass is 79.9. The number of anilines is 2. The van der Waals surface area contributed by atoms with Gasteiger partial charge in [0.1, 0.15) is 11.6 Å². The van der Waals surface area contributed by atoms with Crippen molar-refractivity contribution in [3.8, 4) is 5.75 Å². The van der Waals surface area contributed by atoms with Crippen molar-refractivity contribution in [3.05, 3.63) is 45.0 Å². The lowest BCUT2D eigenvalue weighted by atomic mass is 10.2. The summed E-state index contributed by atoms with van der Waals surface area (Å²) in [5.74, 6) is 0.471. The summed E-state index contributed by atoms with van der Waals surface area (Å²) in [6.07, 6.45) is 1.54. The lowest BCUT2D eigenvalue weighted by Crippen LogP contribution is -2.15.